The molecule has 10 heavy (non-hydrogen) atoms. The molecule has 4 N–H and O–H groups in total. The van der Waals surface area contributed by atoms with Gasteiger partial charge in [0, 0.05) is 6.42 Å². The van der Waals surface area contributed by atoms with Crippen molar-refractivity contribution in [1.82, 2.24) is 0 Å². The van der Waals surface area contributed by atoms with E-state index in [-0.39, 0.29) is 6.42 Å². The van der Waals surface area contributed by atoms with Crippen LogP contribution in [0.4, 0.5) is 4.39 Å². The summed E-state index contributed by atoms with van der Waals surface area (Å²) >= 11 is 0. The lowest BCUT2D eigenvalue weighted by Gasteiger charge is -2.06. The molecule has 60 valence electrons. The van der Waals surface area contributed by atoms with Crippen molar-refractivity contribution >= 4 is 5.97 Å². The molecule has 0 heterocycles. The van der Waals surface area contributed by atoms with E-state index in [4.69, 9.17) is 7.85 Å². The average molecular weight is 152 g/mol. The Hall–Kier alpha value is -0.640. The molecule has 0 aliphatic carbocycles. The van der Waals surface area contributed by atoms with Gasteiger partial charge in [0.25, 0.3) is 0 Å². The van der Waals surface area contributed by atoms with Crippen LogP contribution in [0, 0.1) is 5.92 Å². The zero-order valence-corrected chi connectivity index (χ0v) is 5.80. The van der Waals surface area contributed by atoms with Crippen molar-refractivity contribution in [3.63, 3.8) is 0 Å². The van der Waals surface area contributed by atoms with Crippen LogP contribution in [0.1, 0.15) is 16.1 Å². The highest BCUT2D eigenvalue weighted by molar-refractivity contribution is 5.71. The van der Waals surface area contributed by atoms with Gasteiger partial charge in [-0.3, -0.25) is 4.39 Å². The van der Waals surface area contributed by atoms with Crippen molar-refractivity contribution < 1.29 is 22.8 Å². The Bertz CT molecular complexity index is 171. The molecular weight excluding hydrogens is 137 g/mol. The number of hydrogen-bond donors (Lipinski definition) is 2. The molecule has 0 unspecified atom stereocenters. The Balaban J connectivity index is 4.01. The van der Waals surface area contributed by atoms with Gasteiger partial charge >= 0.3 is 5.97 Å². The minimum Gasteiger partial charge on any atom is -0.477 e. The first-order chi connectivity index (χ1) is 5.25. The normalized spacial score (nSPS) is 20.7. The lowest BCUT2D eigenvalue weighted by Crippen LogP contribution is -2.65. The number of carbonyl (C=O) groups is 1. The van der Waals surface area contributed by atoms with Gasteiger partial charge < -0.3 is 10.8 Å². The molecule has 4 heteroatoms. The molecule has 0 radical (unpaired) electrons. The van der Waals surface area contributed by atoms with Crippen LogP contribution in [0.2, 0.25) is 0 Å². The molecule has 0 saturated carbocycles. The Labute approximate surface area is 61.8 Å². The van der Waals surface area contributed by atoms with Gasteiger partial charge in [-0.1, -0.05) is 6.92 Å². The molecule has 2 atom stereocenters. The zero-order chi connectivity index (χ0) is 9.94. The van der Waals surface area contributed by atoms with Crippen LogP contribution >= 0.6 is 0 Å². The van der Waals surface area contributed by atoms with Gasteiger partial charge in [0.15, 0.2) is 6.04 Å². The number of aliphatic carboxylic acids is 1. The maximum absolute atomic E-state index is 12.5. The molecule has 0 aliphatic rings. The minimum absolute atomic E-state index is 0.0984. The van der Waals surface area contributed by atoms with Crippen molar-refractivity contribution in [3.8, 4) is 0 Å². The van der Waals surface area contributed by atoms with Crippen molar-refractivity contribution in [2.45, 2.75) is 19.4 Å². The summed E-state index contributed by atoms with van der Waals surface area (Å²) in [4.78, 5) is 10.3. The number of quaternary nitrogens is 1. The number of hydrogen-bond acceptors (Lipinski definition) is 1. The molecule has 0 aromatic carbocycles. The van der Waals surface area contributed by atoms with E-state index in [2.05, 4.69) is 5.73 Å². The first-order valence-electron chi connectivity index (χ1n) is 4.00. The first kappa shape index (κ1) is 6.09. The Kier molecular flexibility index (Phi) is 2.57. The Morgan fingerprint density at radius 2 is 2.50 bits per heavy atom. The van der Waals surface area contributed by atoms with Gasteiger partial charge in [-0.05, 0) is 5.92 Å². The Morgan fingerprint density at radius 3 is 2.80 bits per heavy atom. The smallest absolute Gasteiger partial charge is 0.362 e. The maximum Gasteiger partial charge on any atom is 0.362 e. The minimum atomic E-state index is -2.83. The van der Waals surface area contributed by atoms with Gasteiger partial charge in [0.1, 0.15) is 0 Å². The fourth-order valence-electron chi connectivity index (χ4n) is 0.572. The van der Waals surface area contributed by atoms with E-state index in [0.29, 0.717) is 0 Å². The van der Waals surface area contributed by atoms with Crippen LogP contribution in [-0.2, 0) is 4.79 Å². The van der Waals surface area contributed by atoms with Crippen molar-refractivity contribution in [1.29, 1.82) is 0 Å². The van der Waals surface area contributed by atoms with Crippen molar-refractivity contribution in [2.24, 2.45) is 5.92 Å². The summed E-state index contributed by atoms with van der Waals surface area (Å²) in [5, 5.41) is 8.39. The van der Waals surface area contributed by atoms with Gasteiger partial charge in [0.05, 0.1) is 9.37 Å². The second-order valence-corrected chi connectivity index (χ2v) is 2.28. The fraction of sp³-hybridized carbons (Fsp3) is 0.833. The molecule has 0 aromatic heterocycles. The lowest BCUT2D eigenvalue weighted by molar-refractivity contribution is -0.410. The molecular formula is C6H13FNO2+. The standard InChI is InChI=1S/C6H12FNO2/c1-4(3-7)2-5(8)6(9)10/h4-5H,2-3,8H2,1H3,(H,9,10)/p+1/t4-,5-/m0/s1/i3D2. The first-order valence-corrected chi connectivity index (χ1v) is 3.00. The van der Waals surface area contributed by atoms with E-state index in [1.807, 2.05) is 0 Å². The number of carboxylic acid groups (broad SMARTS) is 1. The summed E-state index contributed by atoms with van der Waals surface area (Å²) in [5.74, 6) is -2.08. The summed E-state index contributed by atoms with van der Waals surface area (Å²) in [7, 11) is 0. The highest BCUT2D eigenvalue weighted by Gasteiger charge is 2.18. The van der Waals surface area contributed by atoms with Crippen molar-refractivity contribution in [2.75, 3.05) is 6.63 Å². The van der Waals surface area contributed by atoms with E-state index >= 15 is 0 Å². The van der Waals surface area contributed by atoms with E-state index in [9.17, 15) is 9.18 Å². The quantitative estimate of drug-likeness (QED) is 0.579. The Morgan fingerprint density at radius 1 is 2.00 bits per heavy atom. The van der Waals surface area contributed by atoms with Crippen LogP contribution in [0.3, 0.4) is 0 Å². The molecule has 3 nitrogen and oxygen atoms in total. The van der Waals surface area contributed by atoms with Crippen LogP contribution < -0.4 is 5.73 Å². The summed E-state index contributed by atoms with van der Waals surface area (Å²) in [5.41, 5.74) is 3.26. The summed E-state index contributed by atoms with van der Waals surface area (Å²) in [6.07, 6.45) is -0.0984. The fourth-order valence-corrected chi connectivity index (χ4v) is 0.572. The molecule has 0 spiro atoms. The average Bonchev–Trinajstić information content (AvgIpc) is 1.85. The lowest BCUT2D eigenvalue weighted by atomic mass is 10.0. The molecule has 0 fully saturated rings. The second-order valence-electron chi connectivity index (χ2n) is 2.28. The number of alkyl halides is 1. The predicted octanol–water partition coefficient (Wildman–Crippen LogP) is -0.323. The van der Waals surface area contributed by atoms with E-state index < -0.39 is 24.6 Å². The number of carboxylic acids is 1. The monoisotopic (exact) mass is 152 g/mol. The highest BCUT2D eigenvalue weighted by atomic mass is 19.1. The third-order valence-electron chi connectivity index (χ3n) is 1.17. The third-order valence-corrected chi connectivity index (χ3v) is 1.17. The predicted molar refractivity (Wildman–Crippen MR) is 34.1 cm³/mol. The molecule has 0 bridgehead atoms. The molecule has 0 aromatic rings. The SMILES string of the molecule is [2H]C([2H])(F)[C@@H](C)C[C@H]([NH3+])C(=O)O. The summed E-state index contributed by atoms with van der Waals surface area (Å²) in [6, 6.07) is -0.953. The number of halogens is 1. The van der Waals surface area contributed by atoms with Gasteiger partial charge in [-0.15, -0.1) is 0 Å². The van der Waals surface area contributed by atoms with Gasteiger partial charge in [-0.25, -0.2) is 4.79 Å². The van der Waals surface area contributed by atoms with Gasteiger partial charge in [-0.2, -0.15) is 0 Å². The van der Waals surface area contributed by atoms with Crippen LogP contribution in [0.15, 0.2) is 0 Å². The summed E-state index contributed by atoms with van der Waals surface area (Å²) < 4.78 is 25.8. The van der Waals surface area contributed by atoms with Crippen LogP contribution in [0.5, 0.6) is 0 Å². The van der Waals surface area contributed by atoms with E-state index in [1.165, 1.54) is 6.92 Å². The molecule has 0 saturated heterocycles. The largest absolute Gasteiger partial charge is 0.477 e. The van der Waals surface area contributed by atoms with E-state index in [1.54, 1.807) is 0 Å². The van der Waals surface area contributed by atoms with E-state index in [0.717, 1.165) is 0 Å². The molecule has 0 aliphatic heterocycles. The maximum atomic E-state index is 12.5. The third kappa shape index (κ3) is 3.40. The summed E-state index contributed by atoms with van der Waals surface area (Å²) in [6.45, 7) is -1.51. The van der Waals surface area contributed by atoms with Crippen molar-refractivity contribution in [3.05, 3.63) is 0 Å². The van der Waals surface area contributed by atoms with Gasteiger partial charge in [0.2, 0.25) is 0 Å². The zero-order valence-electron chi connectivity index (χ0n) is 7.80. The topological polar surface area (TPSA) is 64.9 Å². The van der Waals surface area contributed by atoms with Crippen LogP contribution in [0.25, 0.3) is 0 Å². The van der Waals surface area contributed by atoms with Crippen LogP contribution in [-0.4, -0.2) is 23.7 Å². The number of rotatable bonds is 4. The second kappa shape index (κ2) is 4.22. The molecule has 0 rings (SSSR count). The molecule has 0 amide bonds. The highest BCUT2D eigenvalue weighted by Crippen LogP contribution is 2.03.